The summed E-state index contributed by atoms with van der Waals surface area (Å²) in [5.41, 5.74) is 6.04. The number of hydrogen-bond acceptors (Lipinski definition) is 5. The molecular weight excluding hydrogens is 260 g/mol. The van der Waals surface area contributed by atoms with Gasteiger partial charge < -0.3 is 23.9 Å². The average Bonchev–Trinajstić information content (AvgIpc) is 2.35. The van der Waals surface area contributed by atoms with Crippen LogP contribution in [0.3, 0.4) is 0 Å². The van der Waals surface area contributed by atoms with E-state index in [1.807, 2.05) is 20.8 Å². The average molecular weight is 292 g/mol. The van der Waals surface area contributed by atoms with Gasteiger partial charge in [0, 0.05) is 25.4 Å². The number of nitrogens with two attached hydrogens (primary N) is 1. The van der Waals surface area contributed by atoms with Gasteiger partial charge in [0.1, 0.15) is 0 Å². The molecule has 0 aromatic heterocycles. The molecule has 19 heavy (non-hydrogen) atoms. The Balaban J connectivity index is 4.94. The van der Waals surface area contributed by atoms with Crippen molar-refractivity contribution in [2.24, 2.45) is 5.73 Å². The lowest BCUT2D eigenvalue weighted by Gasteiger charge is -2.35. The van der Waals surface area contributed by atoms with E-state index in [0.29, 0.717) is 26.4 Å². The first-order valence-corrected chi connectivity index (χ1v) is 9.13. The fourth-order valence-electron chi connectivity index (χ4n) is 2.20. The maximum absolute atomic E-state index is 5.98. The molecule has 0 radical (unpaired) electrons. The Morgan fingerprint density at radius 2 is 1.42 bits per heavy atom. The third-order valence-electron chi connectivity index (χ3n) is 2.98. The van der Waals surface area contributed by atoms with Crippen molar-refractivity contribution in [2.45, 2.75) is 39.2 Å². The van der Waals surface area contributed by atoms with Crippen molar-refractivity contribution in [3.05, 3.63) is 0 Å². The molecule has 0 rings (SSSR count). The molecule has 2 N–H and O–H groups in total. The lowest BCUT2D eigenvalue weighted by molar-refractivity contribution is 0.0580. The summed E-state index contributed by atoms with van der Waals surface area (Å²) in [7, 11) is 1.53. The molecule has 0 heterocycles. The predicted octanol–water partition coefficient (Wildman–Crippen LogP) is 1.71. The van der Waals surface area contributed by atoms with Gasteiger partial charge in [0.05, 0.1) is 0 Å². The van der Waals surface area contributed by atoms with Crippen LogP contribution in [0.2, 0.25) is 5.54 Å². The number of hydrogen-bond donors (Lipinski definition) is 1. The van der Waals surface area contributed by atoms with E-state index in [-0.39, 0.29) is 5.54 Å². The summed E-state index contributed by atoms with van der Waals surface area (Å²) in [6.45, 7) is 9.47. The molecular formula is C13H32N2O3Si. The van der Waals surface area contributed by atoms with Crippen LogP contribution in [0, 0.1) is 0 Å². The molecule has 0 saturated carbocycles. The lowest BCUT2D eigenvalue weighted by Crippen LogP contribution is -2.51. The van der Waals surface area contributed by atoms with Crippen LogP contribution in [0.5, 0.6) is 0 Å². The zero-order valence-electron chi connectivity index (χ0n) is 13.3. The third-order valence-corrected chi connectivity index (χ3v) is 6.63. The maximum Gasteiger partial charge on any atom is 0.504 e. The molecule has 0 aromatic carbocycles. The van der Waals surface area contributed by atoms with E-state index in [1.165, 1.54) is 0 Å². The minimum Gasteiger partial charge on any atom is -0.374 e. The first kappa shape index (κ1) is 19.0. The van der Waals surface area contributed by atoms with E-state index in [9.17, 15) is 0 Å². The Hall–Kier alpha value is 0.0169. The van der Waals surface area contributed by atoms with Crippen molar-refractivity contribution in [2.75, 3.05) is 47.0 Å². The topological polar surface area (TPSA) is 57.0 Å². The van der Waals surface area contributed by atoms with Crippen LogP contribution < -0.4 is 5.73 Å². The van der Waals surface area contributed by atoms with Crippen molar-refractivity contribution in [3.63, 3.8) is 0 Å². The fourth-order valence-corrected chi connectivity index (χ4v) is 5.36. The summed E-state index contributed by atoms with van der Waals surface area (Å²) >= 11 is 0. The molecule has 0 fully saturated rings. The summed E-state index contributed by atoms with van der Waals surface area (Å²) in [5, 5.41) is 0. The highest BCUT2D eigenvalue weighted by Crippen LogP contribution is 2.32. The molecule has 0 amide bonds. The zero-order chi connectivity index (χ0) is 14.7. The van der Waals surface area contributed by atoms with Crippen LogP contribution in [0.15, 0.2) is 0 Å². The second kappa shape index (κ2) is 10.8. The van der Waals surface area contributed by atoms with Crippen LogP contribution in [0.4, 0.5) is 0 Å². The van der Waals surface area contributed by atoms with E-state index in [1.54, 1.807) is 0 Å². The molecule has 0 aliphatic carbocycles. The maximum atomic E-state index is 5.98. The largest absolute Gasteiger partial charge is 0.504 e. The highest BCUT2D eigenvalue weighted by Gasteiger charge is 2.48. The minimum atomic E-state index is -2.62. The van der Waals surface area contributed by atoms with Crippen LogP contribution >= 0.6 is 0 Å². The normalized spacial score (nSPS) is 14.1. The van der Waals surface area contributed by atoms with Crippen LogP contribution in [-0.2, 0) is 13.3 Å². The van der Waals surface area contributed by atoms with Gasteiger partial charge in [-0.15, -0.1) is 0 Å². The van der Waals surface area contributed by atoms with E-state index in [4.69, 9.17) is 19.0 Å². The molecule has 5 nitrogen and oxygen atoms in total. The van der Waals surface area contributed by atoms with E-state index in [0.717, 1.165) is 19.4 Å². The summed E-state index contributed by atoms with van der Waals surface area (Å²) in [4.78, 5) is 2.17. The van der Waals surface area contributed by atoms with Crippen LogP contribution in [-0.4, -0.2) is 60.7 Å². The second-order valence-electron chi connectivity index (χ2n) is 4.77. The lowest BCUT2D eigenvalue weighted by atomic mass is 10.2. The van der Waals surface area contributed by atoms with Crippen molar-refractivity contribution in [1.29, 1.82) is 0 Å². The third kappa shape index (κ3) is 6.83. The number of rotatable bonds is 12. The second-order valence-corrected chi connectivity index (χ2v) is 7.66. The molecule has 1 unspecified atom stereocenters. The Bertz CT molecular complexity index is 201. The Morgan fingerprint density at radius 3 is 1.74 bits per heavy atom. The molecule has 116 valence electrons. The summed E-state index contributed by atoms with van der Waals surface area (Å²) in [6, 6.07) is 0. The van der Waals surface area contributed by atoms with Crippen LogP contribution in [0.1, 0.15) is 33.6 Å². The standard InChI is InChI=1S/C13H32N2O3Si/c1-6-16-19(17-7-2,18-8-3)13(9-11-14)10-12-15(4)5/h13H,6-12,14H2,1-5H3. The van der Waals surface area contributed by atoms with Gasteiger partial charge in [-0.05, 0) is 60.8 Å². The zero-order valence-corrected chi connectivity index (χ0v) is 14.3. The number of nitrogens with zero attached hydrogens (tertiary/aromatic N) is 1. The SMILES string of the molecule is CCO[Si](OCC)(OCC)C(CCN)CCN(C)C. The first-order chi connectivity index (χ1) is 9.06. The van der Waals surface area contributed by atoms with Gasteiger partial charge in [-0.25, -0.2) is 0 Å². The monoisotopic (exact) mass is 292 g/mol. The Labute approximate surface area is 119 Å². The Morgan fingerprint density at radius 1 is 0.947 bits per heavy atom. The summed E-state index contributed by atoms with van der Waals surface area (Å²) in [6.07, 6.45) is 1.89. The predicted molar refractivity (Wildman–Crippen MR) is 81.2 cm³/mol. The van der Waals surface area contributed by atoms with Crippen molar-refractivity contribution in [3.8, 4) is 0 Å². The smallest absolute Gasteiger partial charge is 0.374 e. The van der Waals surface area contributed by atoms with Gasteiger partial charge in [0.25, 0.3) is 0 Å². The molecule has 1 atom stereocenters. The summed E-state index contributed by atoms with van der Waals surface area (Å²) < 4.78 is 17.9. The molecule has 0 aliphatic heterocycles. The van der Waals surface area contributed by atoms with Gasteiger partial charge in [-0.3, -0.25) is 0 Å². The highest BCUT2D eigenvalue weighted by molar-refractivity contribution is 6.62. The van der Waals surface area contributed by atoms with E-state index in [2.05, 4.69) is 19.0 Å². The highest BCUT2D eigenvalue weighted by atomic mass is 28.4. The molecule has 0 bridgehead atoms. The van der Waals surface area contributed by atoms with Crippen LogP contribution in [0.25, 0.3) is 0 Å². The fraction of sp³-hybridized carbons (Fsp3) is 1.00. The van der Waals surface area contributed by atoms with E-state index < -0.39 is 8.80 Å². The Kier molecular flexibility index (Phi) is 10.8. The van der Waals surface area contributed by atoms with Gasteiger partial charge in [-0.2, -0.15) is 0 Å². The van der Waals surface area contributed by atoms with Crippen molar-refractivity contribution >= 4 is 8.80 Å². The van der Waals surface area contributed by atoms with Crippen molar-refractivity contribution in [1.82, 2.24) is 4.90 Å². The van der Waals surface area contributed by atoms with E-state index >= 15 is 0 Å². The van der Waals surface area contributed by atoms with Gasteiger partial charge in [0.2, 0.25) is 0 Å². The first-order valence-electron chi connectivity index (χ1n) is 7.32. The molecule has 0 saturated heterocycles. The molecule has 6 heteroatoms. The van der Waals surface area contributed by atoms with Gasteiger partial charge in [-0.1, -0.05) is 0 Å². The molecule has 0 aliphatic rings. The van der Waals surface area contributed by atoms with Crippen molar-refractivity contribution < 1.29 is 13.3 Å². The van der Waals surface area contributed by atoms with Gasteiger partial charge in [0.15, 0.2) is 0 Å². The molecule has 0 spiro atoms. The molecule has 0 aromatic rings. The minimum absolute atomic E-state index is 0.278. The summed E-state index contributed by atoms with van der Waals surface area (Å²) in [5.74, 6) is 0. The quantitative estimate of drug-likeness (QED) is 0.555. The van der Waals surface area contributed by atoms with Gasteiger partial charge >= 0.3 is 8.80 Å².